The fourth-order valence-electron chi connectivity index (χ4n) is 7.21. The molecule has 0 aliphatic carbocycles. The van der Waals surface area contributed by atoms with Gasteiger partial charge in [-0.25, -0.2) is 9.59 Å². The normalized spacial score (nSPS) is 16.4. The average molecular weight is 838 g/mol. The molecule has 7 rings (SSSR count). The molecule has 2 aliphatic heterocycles. The molecule has 59 heavy (non-hydrogen) atoms. The van der Waals surface area contributed by atoms with Gasteiger partial charge in [-0.2, -0.15) is 0 Å². The fourth-order valence-corrected chi connectivity index (χ4v) is 7.53. The first kappa shape index (κ1) is 41.4. The Morgan fingerprint density at radius 3 is 2.32 bits per heavy atom. The van der Waals surface area contributed by atoms with Crippen molar-refractivity contribution in [3.05, 3.63) is 140 Å². The Kier molecular flexibility index (Phi) is 12.1. The van der Waals surface area contributed by atoms with Crippen molar-refractivity contribution in [1.82, 2.24) is 20.5 Å². The summed E-state index contributed by atoms with van der Waals surface area (Å²) in [6.07, 6.45) is 1.57. The van der Waals surface area contributed by atoms with Crippen molar-refractivity contribution in [1.29, 1.82) is 0 Å². The zero-order valence-electron chi connectivity index (χ0n) is 33.5. The molecule has 0 bridgehead atoms. The number of aromatic nitrogens is 1. The molecule has 0 spiro atoms. The van der Waals surface area contributed by atoms with Crippen LogP contribution in [0.4, 0.5) is 4.79 Å². The highest BCUT2D eigenvalue weighted by molar-refractivity contribution is 6.42. The van der Waals surface area contributed by atoms with Crippen molar-refractivity contribution in [2.24, 2.45) is 0 Å². The van der Waals surface area contributed by atoms with Crippen molar-refractivity contribution in [3.8, 4) is 28.4 Å². The minimum Gasteiger partial charge on any atom is -0.489 e. The number of aliphatic carboxylic acids is 1. The van der Waals surface area contributed by atoms with E-state index in [-0.39, 0.29) is 26.0 Å². The predicted octanol–water partition coefficient (Wildman–Crippen LogP) is 8.81. The molecule has 3 atom stereocenters. The molecule has 13 heteroatoms. The summed E-state index contributed by atoms with van der Waals surface area (Å²) in [5, 5.41) is 16.9. The van der Waals surface area contributed by atoms with Crippen LogP contribution in [0.2, 0.25) is 10.0 Å². The number of halogens is 2. The lowest BCUT2D eigenvalue weighted by molar-refractivity contribution is -0.142. The number of aryl methyl sites for hydroxylation is 1. The van der Waals surface area contributed by atoms with E-state index in [1.54, 1.807) is 18.3 Å². The fraction of sp³-hybridized carbons (Fsp3) is 0.304. The molecule has 5 aromatic rings. The number of nitrogens with zero attached hydrogens (tertiary/aromatic N) is 2. The largest absolute Gasteiger partial charge is 0.489 e. The summed E-state index contributed by atoms with van der Waals surface area (Å²) in [6, 6.07) is 23.6. The maximum Gasteiger partial charge on any atom is 0.326 e. The average Bonchev–Trinajstić information content (AvgIpc) is 3.20. The molecule has 0 saturated carbocycles. The van der Waals surface area contributed by atoms with E-state index >= 15 is 0 Å². The Hall–Kier alpha value is -5.78. The van der Waals surface area contributed by atoms with E-state index in [0.29, 0.717) is 33.9 Å². The first-order valence-corrected chi connectivity index (χ1v) is 20.1. The van der Waals surface area contributed by atoms with E-state index in [1.165, 1.54) is 4.90 Å². The number of nitrogens with one attached hydrogen (secondary N) is 2. The number of carboxylic acid groups (broad SMARTS) is 1. The van der Waals surface area contributed by atoms with Crippen LogP contribution in [-0.4, -0.2) is 57.1 Å². The highest BCUT2D eigenvalue weighted by atomic mass is 35.5. The van der Waals surface area contributed by atoms with Gasteiger partial charge in [0.05, 0.1) is 10.0 Å². The summed E-state index contributed by atoms with van der Waals surface area (Å²) in [6.45, 7) is 10.2. The van der Waals surface area contributed by atoms with Gasteiger partial charge >= 0.3 is 12.0 Å². The van der Waals surface area contributed by atoms with Crippen molar-refractivity contribution in [2.75, 3.05) is 6.61 Å². The van der Waals surface area contributed by atoms with E-state index < -0.39 is 41.6 Å². The zero-order chi connectivity index (χ0) is 42.0. The van der Waals surface area contributed by atoms with Gasteiger partial charge in [0, 0.05) is 36.8 Å². The van der Waals surface area contributed by atoms with Crippen LogP contribution in [0.3, 0.4) is 0 Å². The highest BCUT2D eigenvalue weighted by Crippen LogP contribution is 2.41. The number of hydrogen-bond acceptors (Lipinski definition) is 7. The standard InChI is InChI=1S/C46H46Cl2N4O7/c1-26-27(2)49-17-16-35(26)30-9-6-28(7-10-30)19-38(44(54)55)50-43(53)39-20-32-21-40-41(22-33(32)23-52(39)45(56)51-46(3,4)5)59-42(25-58-40)31-11-13-34(14-12-31)57-24-29-8-15-36(47)37(48)18-29/h6-18,21-22,38-39,42H,19-20,23-25H2,1-5H3,(H,50,53)(H,51,56)(H,54,55)/t38?,39-,42+/m0/s1. The molecule has 306 valence electrons. The summed E-state index contributed by atoms with van der Waals surface area (Å²) in [7, 11) is 0. The Morgan fingerprint density at radius 2 is 1.63 bits per heavy atom. The SMILES string of the molecule is Cc1nccc(-c2ccc(CC(NC(=O)[C@@H]3Cc4cc5c(cc4CN3C(=O)NC(C)(C)C)O[C@@H](c3ccc(OCc4ccc(Cl)c(Cl)c4)cc3)CO5)C(=O)O)cc2)c1C. The number of carbonyl (C=O) groups is 3. The van der Waals surface area contributed by atoms with Crippen LogP contribution in [0.25, 0.3) is 11.1 Å². The van der Waals surface area contributed by atoms with Crippen molar-refractivity contribution >= 4 is 41.1 Å². The third kappa shape index (κ3) is 9.75. The molecule has 1 unspecified atom stereocenters. The Morgan fingerprint density at radius 1 is 0.915 bits per heavy atom. The van der Waals surface area contributed by atoms with Gasteiger partial charge in [0.1, 0.15) is 31.0 Å². The zero-order valence-corrected chi connectivity index (χ0v) is 35.0. The lowest BCUT2D eigenvalue weighted by Gasteiger charge is -2.39. The molecule has 3 heterocycles. The molecule has 3 N–H and O–H groups in total. The lowest BCUT2D eigenvalue weighted by atomic mass is 9.92. The van der Waals surface area contributed by atoms with Crippen LogP contribution in [0.1, 0.15) is 65.9 Å². The number of rotatable bonds is 10. The number of urea groups is 1. The summed E-state index contributed by atoms with van der Waals surface area (Å²) in [5.74, 6) is -0.0216. The van der Waals surface area contributed by atoms with Crippen LogP contribution in [0.15, 0.2) is 91.1 Å². The van der Waals surface area contributed by atoms with E-state index in [9.17, 15) is 19.5 Å². The molecule has 11 nitrogen and oxygen atoms in total. The molecule has 4 aromatic carbocycles. The van der Waals surface area contributed by atoms with Crippen molar-refractivity contribution in [2.45, 2.75) is 84.3 Å². The van der Waals surface area contributed by atoms with E-state index in [1.807, 2.05) is 107 Å². The van der Waals surface area contributed by atoms with E-state index in [2.05, 4.69) is 15.6 Å². The summed E-state index contributed by atoms with van der Waals surface area (Å²) in [4.78, 5) is 46.2. The summed E-state index contributed by atoms with van der Waals surface area (Å²) < 4.78 is 18.6. The van der Waals surface area contributed by atoms with Gasteiger partial charge in [-0.05, 0) is 122 Å². The van der Waals surface area contributed by atoms with Gasteiger partial charge in [0.2, 0.25) is 5.91 Å². The number of ether oxygens (including phenoxy) is 3. The van der Waals surface area contributed by atoms with Gasteiger partial charge in [-0.3, -0.25) is 9.78 Å². The number of carbonyl (C=O) groups excluding carboxylic acids is 2. The highest BCUT2D eigenvalue weighted by Gasteiger charge is 2.39. The Labute approximate surface area is 353 Å². The van der Waals surface area contributed by atoms with Crippen LogP contribution in [0.5, 0.6) is 17.2 Å². The molecule has 0 saturated heterocycles. The smallest absolute Gasteiger partial charge is 0.326 e. The first-order valence-electron chi connectivity index (χ1n) is 19.4. The van der Waals surface area contributed by atoms with Crippen molar-refractivity contribution in [3.63, 3.8) is 0 Å². The Bertz CT molecular complexity index is 2380. The van der Waals surface area contributed by atoms with Gasteiger partial charge in [0.25, 0.3) is 0 Å². The number of carboxylic acids is 1. The maximum absolute atomic E-state index is 14.1. The second-order valence-corrected chi connectivity index (χ2v) is 16.8. The molecular weight excluding hydrogens is 791 g/mol. The van der Waals surface area contributed by atoms with E-state index in [0.717, 1.165) is 50.2 Å². The minimum absolute atomic E-state index is 0.0571. The molecule has 0 fully saturated rings. The quantitative estimate of drug-likeness (QED) is 0.127. The molecule has 2 aliphatic rings. The Balaban J connectivity index is 1.05. The number of benzene rings is 4. The van der Waals surface area contributed by atoms with Crippen LogP contribution in [-0.2, 0) is 35.6 Å². The summed E-state index contributed by atoms with van der Waals surface area (Å²) >= 11 is 12.2. The van der Waals surface area contributed by atoms with Gasteiger partial charge in [0.15, 0.2) is 17.6 Å². The molecule has 3 amide bonds. The number of pyridine rings is 1. The monoisotopic (exact) mass is 836 g/mol. The lowest BCUT2D eigenvalue weighted by Crippen LogP contribution is -2.59. The second kappa shape index (κ2) is 17.2. The maximum atomic E-state index is 14.1. The van der Waals surface area contributed by atoms with Gasteiger partial charge in [-0.15, -0.1) is 0 Å². The minimum atomic E-state index is -1.23. The molecule has 0 radical (unpaired) electrons. The molecule has 1 aromatic heterocycles. The second-order valence-electron chi connectivity index (χ2n) is 16.0. The summed E-state index contributed by atoms with van der Waals surface area (Å²) in [5.41, 5.74) is 7.57. The first-order chi connectivity index (χ1) is 28.1. The van der Waals surface area contributed by atoms with Crippen molar-refractivity contribution < 1.29 is 33.7 Å². The van der Waals surface area contributed by atoms with Gasteiger partial charge < -0.3 is 34.9 Å². The number of amides is 3. The third-order valence-corrected chi connectivity index (χ3v) is 11.3. The van der Waals surface area contributed by atoms with Crippen LogP contribution >= 0.6 is 23.2 Å². The predicted molar refractivity (Wildman–Crippen MR) is 226 cm³/mol. The topological polar surface area (TPSA) is 139 Å². The van der Waals surface area contributed by atoms with Crippen LogP contribution in [0, 0.1) is 13.8 Å². The van der Waals surface area contributed by atoms with Crippen LogP contribution < -0.4 is 24.8 Å². The third-order valence-electron chi connectivity index (χ3n) is 10.5. The van der Waals surface area contributed by atoms with Gasteiger partial charge in [-0.1, -0.05) is 65.7 Å². The molecular formula is C46H46Cl2N4O7. The number of hydrogen-bond donors (Lipinski definition) is 3. The number of fused-ring (bicyclic) bond motifs is 2. The van der Waals surface area contributed by atoms with E-state index in [4.69, 9.17) is 37.4 Å².